The number of piperazine rings is 1. The van der Waals surface area contributed by atoms with Gasteiger partial charge in [0, 0.05) is 37.3 Å². The summed E-state index contributed by atoms with van der Waals surface area (Å²) in [6.07, 6.45) is 0. The molecular weight excluding hydrogens is 224 g/mol. The maximum absolute atomic E-state index is 12.3. The lowest BCUT2D eigenvalue weighted by Gasteiger charge is -2.42. The van der Waals surface area contributed by atoms with Gasteiger partial charge in [0.1, 0.15) is 0 Å². The van der Waals surface area contributed by atoms with Crippen LogP contribution >= 0.6 is 0 Å². The zero-order chi connectivity index (χ0) is 13.2. The van der Waals surface area contributed by atoms with Crippen LogP contribution in [-0.4, -0.2) is 47.4 Å². The van der Waals surface area contributed by atoms with Crippen molar-refractivity contribution in [1.29, 1.82) is 0 Å². The zero-order valence-corrected chi connectivity index (χ0v) is 11.5. The van der Waals surface area contributed by atoms with Crippen LogP contribution in [0, 0.1) is 0 Å². The van der Waals surface area contributed by atoms with Crippen LogP contribution in [0.2, 0.25) is 0 Å². The summed E-state index contributed by atoms with van der Waals surface area (Å²) >= 11 is 0. The van der Waals surface area contributed by atoms with Crippen molar-refractivity contribution in [3.05, 3.63) is 35.9 Å². The van der Waals surface area contributed by atoms with Gasteiger partial charge in [0.2, 0.25) is 0 Å². The molecule has 1 fully saturated rings. The predicted octanol–water partition coefficient (Wildman–Crippen LogP) is 2.24. The number of benzene rings is 1. The van der Waals surface area contributed by atoms with Gasteiger partial charge in [-0.05, 0) is 32.9 Å². The second-order valence-corrected chi connectivity index (χ2v) is 5.82. The van der Waals surface area contributed by atoms with Crippen LogP contribution in [0.4, 0.5) is 0 Å². The largest absolute Gasteiger partial charge is 0.336 e. The topological polar surface area (TPSA) is 23.6 Å². The van der Waals surface area contributed by atoms with E-state index in [0.29, 0.717) is 0 Å². The first-order valence-electron chi connectivity index (χ1n) is 6.58. The molecule has 3 heteroatoms. The summed E-state index contributed by atoms with van der Waals surface area (Å²) in [4.78, 5) is 16.7. The van der Waals surface area contributed by atoms with Gasteiger partial charge < -0.3 is 4.90 Å². The molecule has 0 aromatic heterocycles. The second-order valence-electron chi connectivity index (χ2n) is 5.82. The molecule has 18 heavy (non-hydrogen) atoms. The highest BCUT2D eigenvalue weighted by molar-refractivity contribution is 5.94. The summed E-state index contributed by atoms with van der Waals surface area (Å²) in [6, 6.07) is 9.54. The van der Waals surface area contributed by atoms with Gasteiger partial charge in [-0.3, -0.25) is 9.69 Å². The molecule has 1 aromatic rings. The van der Waals surface area contributed by atoms with Crippen LogP contribution < -0.4 is 0 Å². The maximum Gasteiger partial charge on any atom is 0.253 e. The maximum atomic E-state index is 12.3. The number of amides is 1. The molecule has 1 aliphatic rings. The lowest BCUT2D eigenvalue weighted by Crippen LogP contribution is -2.54. The summed E-state index contributed by atoms with van der Waals surface area (Å²) in [5, 5.41) is 0. The Labute approximate surface area is 109 Å². The molecule has 1 aromatic carbocycles. The van der Waals surface area contributed by atoms with Gasteiger partial charge in [0.25, 0.3) is 5.91 Å². The van der Waals surface area contributed by atoms with Gasteiger partial charge in [0.15, 0.2) is 0 Å². The number of carbonyl (C=O) groups excluding carboxylic acids is 1. The van der Waals surface area contributed by atoms with Crippen molar-refractivity contribution in [2.75, 3.05) is 26.2 Å². The van der Waals surface area contributed by atoms with Crippen LogP contribution in [0.25, 0.3) is 0 Å². The highest BCUT2D eigenvalue weighted by Gasteiger charge is 2.27. The molecule has 3 nitrogen and oxygen atoms in total. The van der Waals surface area contributed by atoms with Gasteiger partial charge in [0.05, 0.1) is 0 Å². The molecule has 0 aliphatic carbocycles. The van der Waals surface area contributed by atoms with Gasteiger partial charge in [-0.2, -0.15) is 0 Å². The third-order valence-corrected chi connectivity index (χ3v) is 3.54. The van der Waals surface area contributed by atoms with Crippen molar-refractivity contribution < 1.29 is 4.79 Å². The molecular formula is C15H22N2O. The van der Waals surface area contributed by atoms with E-state index in [-0.39, 0.29) is 11.4 Å². The number of rotatable bonds is 1. The fourth-order valence-electron chi connectivity index (χ4n) is 2.34. The normalized spacial score (nSPS) is 17.8. The highest BCUT2D eigenvalue weighted by atomic mass is 16.2. The fourth-order valence-corrected chi connectivity index (χ4v) is 2.34. The number of nitrogens with zero attached hydrogens (tertiary/aromatic N) is 2. The van der Waals surface area contributed by atoms with Crippen LogP contribution in [0.15, 0.2) is 30.3 Å². The Kier molecular flexibility index (Phi) is 3.71. The summed E-state index contributed by atoms with van der Waals surface area (Å²) in [6.45, 7) is 10.2. The number of hydrogen-bond acceptors (Lipinski definition) is 2. The van der Waals surface area contributed by atoms with Crippen molar-refractivity contribution in [2.24, 2.45) is 0 Å². The molecule has 1 amide bonds. The second kappa shape index (κ2) is 5.11. The first-order valence-corrected chi connectivity index (χ1v) is 6.58. The summed E-state index contributed by atoms with van der Waals surface area (Å²) in [5.74, 6) is 0.157. The van der Waals surface area contributed by atoms with Crippen LogP contribution in [0.5, 0.6) is 0 Å². The van der Waals surface area contributed by atoms with Crippen LogP contribution in [-0.2, 0) is 0 Å². The van der Waals surface area contributed by atoms with E-state index < -0.39 is 0 Å². The third-order valence-electron chi connectivity index (χ3n) is 3.54. The lowest BCUT2D eigenvalue weighted by atomic mass is 10.0. The lowest BCUT2D eigenvalue weighted by molar-refractivity contribution is 0.0451. The predicted molar refractivity (Wildman–Crippen MR) is 73.7 cm³/mol. The van der Waals surface area contributed by atoms with E-state index in [9.17, 15) is 4.79 Å². The minimum absolute atomic E-state index is 0.157. The van der Waals surface area contributed by atoms with E-state index in [4.69, 9.17) is 0 Å². The molecule has 1 aliphatic heterocycles. The van der Waals surface area contributed by atoms with Crippen molar-refractivity contribution in [3.63, 3.8) is 0 Å². The molecule has 0 spiro atoms. The molecule has 0 bridgehead atoms. The SMILES string of the molecule is CC(C)(C)N1CCN(C(=O)c2ccccc2)CC1. The molecule has 2 rings (SSSR count). The molecule has 0 atom stereocenters. The summed E-state index contributed by atoms with van der Waals surface area (Å²) in [5.41, 5.74) is 0.990. The first-order chi connectivity index (χ1) is 8.48. The Balaban J connectivity index is 1.96. The first kappa shape index (κ1) is 13.1. The Bertz CT molecular complexity index is 400. The van der Waals surface area contributed by atoms with E-state index in [2.05, 4.69) is 25.7 Å². The Morgan fingerprint density at radius 1 is 1.00 bits per heavy atom. The highest BCUT2D eigenvalue weighted by Crippen LogP contribution is 2.17. The van der Waals surface area contributed by atoms with Gasteiger partial charge in [-0.1, -0.05) is 18.2 Å². The molecule has 0 N–H and O–H groups in total. The third kappa shape index (κ3) is 2.91. The van der Waals surface area contributed by atoms with Crippen LogP contribution in [0.1, 0.15) is 31.1 Å². The average Bonchev–Trinajstić information content (AvgIpc) is 2.38. The molecule has 1 saturated heterocycles. The Hall–Kier alpha value is -1.35. The summed E-state index contributed by atoms with van der Waals surface area (Å²) < 4.78 is 0. The standard InChI is InChI=1S/C15H22N2O/c1-15(2,3)17-11-9-16(10-12-17)14(18)13-7-5-4-6-8-13/h4-8H,9-12H2,1-3H3. The van der Waals surface area contributed by atoms with E-state index in [1.54, 1.807) is 0 Å². The van der Waals surface area contributed by atoms with Crippen LogP contribution in [0.3, 0.4) is 0 Å². The van der Waals surface area contributed by atoms with Crippen molar-refractivity contribution in [3.8, 4) is 0 Å². The van der Waals surface area contributed by atoms with Crippen molar-refractivity contribution in [1.82, 2.24) is 9.80 Å². The van der Waals surface area contributed by atoms with E-state index in [1.807, 2.05) is 35.2 Å². The van der Waals surface area contributed by atoms with Gasteiger partial charge >= 0.3 is 0 Å². The minimum Gasteiger partial charge on any atom is -0.336 e. The van der Waals surface area contributed by atoms with E-state index in [0.717, 1.165) is 31.7 Å². The average molecular weight is 246 g/mol. The van der Waals surface area contributed by atoms with Gasteiger partial charge in [-0.25, -0.2) is 0 Å². The zero-order valence-electron chi connectivity index (χ0n) is 11.5. The smallest absolute Gasteiger partial charge is 0.253 e. The number of carbonyl (C=O) groups is 1. The molecule has 0 radical (unpaired) electrons. The molecule has 1 heterocycles. The molecule has 0 saturated carbocycles. The van der Waals surface area contributed by atoms with E-state index >= 15 is 0 Å². The van der Waals surface area contributed by atoms with Crippen molar-refractivity contribution >= 4 is 5.91 Å². The van der Waals surface area contributed by atoms with E-state index in [1.165, 1.54) is 0 Å². The summed E-state index contributed by atoms with van der Waals surface area (Å²) in [7, 11) is 0. The Morgan fingerprint density at radius 2 is 1.56 bits per heavy atom. The fraction of sp³-hybridized carbons (Fsp3) is 0.533. The monoisotopic (exact) mass is 246 g/mol. The number of hydrogen-bond donors (Lipinski definition) is 0. The van der Waals surface area contributed by atoms with Crippen molar-refractivity contribution in [2.45, 2.75) is 26.3 Å². The Morgan fingerprint density at radius 3 is 2.06 bits per heavy atom. The molecule has 0 unspecified atom stereocenters. The quantitative estimate of drug-likeness (QED) is 0.758. The molecule has 98 valence electrons. The minimum atomic E-state index is 0.157. The van der Waals surface area contributed by atoms with Gasteiger partial charge in [-0.15, -0.1) is 0 Å².